The summed E-state index contributed by atoms with van der Waals surface area (Å²) in [5.41, 5.74) is 1.39. The molecular formula is C19H30N2O2. The minimum absolute atomic E-state index is 0.407. The quantitative estimate of drug-likeness (QED) is 0.838. The molecule has 0 radical (unpaired) electrons. The van der Waals surface area contributed by atoms with Gasteiger partial charge in [0.1, 0.15) is 0 Å². The maximum Gasteiger partial charge on any atom is 0.0594 e. The van der Waals surface area contributed by atoms with E-state index in [0.29, 0.717) is 18.2 Å². The Bertz CT molecular complexity index is 442. The van der Waals surface area contributed by atoms with Gasteiger partial charge in [-0.15, -0.1) is 0 Å². The number of morpholine rings is 1. The lowest BCUT2D eigenvalue weighted by Gasteiger charge is -2.38. The molecule has 2 aliphatic heterocycles. The summed E-state index contributed by atoms with van der Waals surface area (Å²) < 4.78 is 11.3. The molecule has 4 heteroatoms. The molecule has 0 bridgehead atoms. The van der Waals surface area contributed by atoms with Crippen LogP contribution in [0.3, 0.4) is 0 Å². The molecule has 0 spiro atoms. The molecule has 0 aliphatic carbocycles. The lowest BCUT2D eigenvalue weighted by molar-refractivity contribution is 0.00832. The van der Waals surface area contributed by atoms with E-state index in [1.165, 1.54) is 18.4 Å². The highest BCUT2D eigenvalue weighted by Crippen LogP contribution is 2.25. The fourth-order valence-corrected chi connectivity index (χ4v) is 3.78. The molecule has 1 aromatic rings. The Morgan fingerprint density at radius 3 is 2.65 bits per heavy atom. The van der Waals surface area contributed by atoms with E-state index in [1.807, 2.05) is 0 Å². The Morgan fingerprint density at radius 1 is 1.17 bits per heavy atom. The van der Waals surface area contributed by atoms with E-state index in [1.54, 1.807) is 0 Å². The average molecular weight is 318 g/mol. The maximum absolute atomic E-state index is 5.73. The first-order valence-electron chi connectivity index (χ1n) is 9.06. The van der Waals surface area contributed by atoms with E-state index < -0.39 is 0 Å². The highest BCUT2D eigenvalue weighted by molar-refractivity contribution is 5.21. The first kappa shape index (κ1) is 16.9. The summed E-state index contributed by atoms with van der Waals surface area (Å²) in [5, 5.41) is 3.74. The Balaban J connectivity index is 1.59. The van der Waals surface area contributed by atoms with Gasteiger partial charge in [0.25, 0.3) is 0 Å². The molecule has 0 saturated carbocycles. The van der Waals surface area contributed by atoms with Crippen molar-refractivity contribution >= 4 is 0 Å². The smallest absolute Gasteiger partial charge is 0.0594 e. The third kappa shape index (κ3) is 4.77. The third-order valence-corrected chi connectivity index (χ3v) is 5.01. The Morgan fingerprint density at radius 2 is 1.96 bits per heavy atom. The standard InChI is InChI=1S/C19H30N2O2/c1-16(20-10-9-18-8-5-13-23-18)19(17-6-3-2-4-7-17)21-11-14-22-15-12-21/h2-4,6-7,16,18-20H,5,8-15H2,1H3. The summed E-state index contributed by atoms with van der Waals surface area (Å²) in [4.78, 5) is 2.56. The zero-order chi connectivity index (χ0) is 15.9. The van der Waals surface area contributed by atoms with Gasteiger partial charge in [-0.3, -0.25) is 4.90 Å². The zero-order valence-electron chi connectivity index (χ0n) is 14.2. The number of benzene rings is 1. The van der Waals surface area contributed by atoms with Crippen molar-refractivity contribution in [1.82, 2.24) is 10.2 Å². The molecule has 3 rings (SSSR count). The summed E-state index contributed by atoms with van der Waals surface area (Å²) in [7, 11) is 0. The van der Waals surface area contributed by atoms with Gasteiger partial charge in [0.05, 0.1) is 25.4 Å². The molecule has 4 nitrogen and oxygen atoms in total. The molecule has 23 heavy (non-hydrogen) atoms. The SMILES string of the molecule is CC(NCCC1CCCO1)C(c1ccccc1)N1CCOCC1. The van der Waals surface area contributed by atoms with E-state index >= 15 is 0 Å². The van der Waals surface area contributed by atoms with Crippen LogP contribution in [-0.2, 0) is 9.47 Å². The Hall–Kier alpha value is -0.940. The van der Waals surface area contributed by atoms with E-state index in [2.05, 4.69) is 47.5 Å². The van der Waals surface area contributed by atoms with Crippen LogP contribution in [0.1, 0.15) is 37.8 Å². The van der Waals surface area contributed by atoms with Crippen molar-refractivity contribution in [2.45, 2.75) is 44.4 Å². The van der Waals surface area contributed by atoms with Crippen molar-refractivity contribution < 1.29 is 9.47 Å². The van der Waals surface area contributed by atoms with Gasteiger partial charge in [-0.1, -0.05) is 30.3 Å². The first-order chi connectivity index (χ1) is 11.3. The van der Waals surface area contributed by atoms with E-state index in [4.69, 9.17) is 9.47 Å². The molecule has 0 amide bonds. The minimum Gasteiger partial charge on any atom is -0.379 e. The van der Waals surface area contributed by atoms with E-state index in [-0.39, 0.29) is 0 Å². The van der Waals surface area contributed by atoms with Crippen LogP contribution in [0.25, 0.3) is 0 Å². The molecule has 2 saturated heterocycles. The molecule has 128 valence electrons. The molecule has 2 heterocycles. The molecule has 3 atom stereocenters. The van der Waals surface area contributed by atoms with Crippen LogP contribution in [0.15, 0.2) is 30.3 Å². The number of nitrogens with one attached hydrogen (secondary N) is 1. The van der Waals surface area contributed by atoms with E-state index in [9.17, 15) is 0 Å². The van der Waals surface area contributed by atoms with Gasteiger partial charge in [-0.25, -0.2) is 0 Å². The number of ether oxygens (including phenoxy) is 2. The second kappa shape index (κ2) is 8.78. The fourth-order valence-electron chi connectivity index (χ4n) is 3.78. The maximum atomic E-state index is 5.73. The molecule has 1 N–H and O–H groups in total. The summed E-state index contributed by atoms with van der Waals surface area (Å²) in [6, 6.07) is 11.7. The Labute approximate surface area is 140 Å². The number of nitrogens with zero attached hydrogens (tertiary/aromatic N) is 1. The van der Waals surface area contributed by atoms with Crippen LogP contribution in [-0.4, -0.2) is 56.5 Å². The van der Waals surface area contributed by atoms with Gasteiger partial charge >= 0.3 is 0 Å². The summed E-state index contributed by atoms with van der Waals surface area (Å²) in [5.74, 6) is 0. The summed E-state index contributed by atoms with van der Waals surface area (Å²) >= 11 is 0. The fraction of sp³-hybridized carbons (Fsp3) is 0.684. The molecular weight excluding hydrogens is 288 g/mol. The van der Waals surface area contributed by atoms with Crippen molar-refractivity contribution in [2.75, 3.05) is 39.5 Å². The highest BCUT2D eigenvalue weighted by atomic mass is 16.5. The topological polar surface area (TPSA) is 33.7 Å². The van der Waals surface area contributed by atoms with Gasteiger partial charge < -0.3 is 14.8 Å². The van der Waals surface area contributed by atoms with Crippen molar-refractivity contribution in [2.24, 2.45) is 0 Å². The zero-order valence-corrected chi connectivity index (χ0v) is 14.2. The monoisotopic (exact) mass is 318 g/mol. The number of hydrogen-bond acceptors (Lipinski definition) is 4. The van der Waals surface area contributed by atoms with Crippen LogP contribution in [0, 0.1) is 0 Å². The lowest BCUT2D eigenvalue weighted by atomic mass is 9.98. The normalized spacial score (nSPS) is 25.3. The van der Waals surface area contributed by atoms with Crippen LogP contribution >= 0.6 is 0 Å². The molecule has 2 fully saturated rings. The van der Waals surface area contributed by atoms with Crippen molar-refractivity contribution in [3.8, 4) is 0 Å². The third-order valence-electron chi connectivity index (χ3n) is 5.01. The average Bonchev–Trinajstić information content (AvgIpc) is 3.10. The molecule has 3 unspecified atom stereocenters. The molecule has 0 aromatic heterocycles. The second-order valence-electron chi connectivity index (χ2n) is 6.67. The van der Waals surface area contributed by atoms with Crippen LogP contribution in [0.5, 0.6) is 0 Å². The first-order valence-corrected chi connectivity index (χ1v) is 9.06. The second-order valence-corrected chi connectivity index (χ2v) is 6.67. The van der Waals surface area contributed by atoms with Crippen LogP contribution < -0.4 is 5.32 Å². The van der Waals surface area contributed by atoms with Gasteiger partial charge in [-0.05, 0) is 38.3 Å². The predicted octanol–water partition coefficient (Wildman–Crippen LogP) is 2.61. The molecule has 1 aromatic carbocycles. The van der Waals surface area contributed by atoms with Gasteiger partial charge in [0.15, 0.2) is 0 Å². The molecule has 2 aliphatic rings. The predicted molar refractivity (Wildman–Crippen MR) is 92.6 cm³/mol. The van der Waals surface area contributed by atoms with Crippen LogP contribution in [0.2, 0.25) is 0 Å². The van der Waals surface area contributed by atoms with Gasteiger partial charge in [0, 0.05) is 25.7 Å². The lowest BCUT2D eigenvalue weighted by Crippen LogP contribution is -2.47. The highest BCUT2D eigenvalue weighted by Gasteiger charge is 2.27. The van der Waals surface area contributed by atoms with Crippen molar-refractivity contribution in [3.05, 3.63) is 35.9 Å². The Kier molecular flexibility index (Phi) is 6.46. The van der Waals surface area contributed by atoms with Gasteiger partial charge in [0.2, 0.25) is 0 Å². The van der Waals surface area contributed by atoms with E-state index in [0.717, 1.165) is 45.9 Å². The summed E-state index contributed by atoms with van der Waals surface area (Å²) in [6.07, 6.45) is 4.03. The van der Waals surface area contributed by atoms with Crippen molar-refractivity contribution in [1.29, 1.82) is 0 Å². The number of hydrogen-bond donors (Lipinski definition) is 1. The largest absolute Gasteiger partial charge is 0.379 e. The van der Waals surface area contributed by atoms with Crippen molar-refractivity contribution in [3.63, 3.8) is 0 Å². The van der Waals surface area contributed by atoms with Gasteiger partial charge in [-0.2, -0.15) is 0 Å². The summed E-state index contributed by atoms with van der Waals surface area (Å²) in [6.45, 7) is 7.98. The number of rotatable bonds is 7. The van der Waals surface area contributed by atoms with Crippen LogP contribution in [0.4, 0.5) is 0 Å². The minimum atomic E-state index is 0.407.